The average Bonchev–Trinajstić information content (AvgIpc) is 2.37. The molecule has 0 aliphatic carbocycles. The van der Waals surface area contributed by atoms with Crippen molar-refractivity contribution in [3.8, 4) is 0 Å². The second-order valence-electron chi connectivity index (χ2n) is 5.19. The Hall–Kier alpha value is -2.20. The van der Waals surface area contributed by atoms with Crippen molar-refractivity contribution in [2.45, 2.75) is 20.8 Å². The summed E-state index contributed by atoms with van der Waals surface area (Å²) >= 11 is 5.07. The van der Waals surface area contributed by atoms with Crippen LogP contribution in [0.15, 0.2) is 36.4 Å². The molecular formula is C17H18N2OS. The molecule has 0 atom stereocenters. The zero-order valence-corrected chi connectivity index (χ0v) is 13.2. The van der Waals surface area contributed by atoms with E-state index in [1.54, 1.807) is 0 Å². The Morgan fingerprint density at radius 2 is 1.71 bits per heavy atom. The number of hydrogen-bond acceptors (Lipinski definition) is 2. The van der Waals surface area contributed by atoms with Gasteiger partial charge in [0.15, 0.2) is 0 Å². The van der Waals surface area contributed by atoms with Crippen LogP contribution in [-0.4, -0.2) is 10.9 Å². The van der Waals surface area contributed by atoms with Crippen LogP contribution in [0.5, 0.6) is 0 Å². The van der Waals surface area contributed by atoms with Gasteiger partial charge in [-0.3, -0.25) is 4.79 Å². The summed E-state index contributed by atoms with van der Waals surface area (Å²) in [5.41, 5.74) is 10.8. The summed E-state index contributed by atoms with van der Waals surface area (Å²) in [6.45, 7) is 5.86. The van der Waals surface area contributed by atoms with Gasteiger partial charge in [0.2, 0.25) is 0 Å². The van der Waals surface area contributed by atoms with Crippen molar-refractivity contribution in [2.24, 2.45) is 5.73 Å². The van der Waals surface area contributed by atoms with E-state index in [0.717, 1.165) is 16.7 Å². The molecule has 0 aromatic heterocycles. The Balaban J connectivity index is 2.36. The third-order valence-electron chi connectivity index (χ3n) is 3.25. The number of rotatable bonds is 3. The molecule has 0 aliphatic heterocycles. The van der Waals surface area contributed by atoms with Gasteiger partial charge >= 0.3 is 0 Å². The fourth-order valence-electron chi connectivity index (χ4n) is 2.40. The van der Waals surface area contributed by atoms with Gasteiger partial charge in [-0.1, -0.05) is 41.5 Å². The van der Waals surface area contributed by atoms with Crippen LogP contribution < -0.4 is 11.1 Å². The molecule has 0 aliphatic rings. The lowest BCUT2D eigenvalue weighted by molar-refractivity contribution is 0.102. The number of amides is 1. The van der Waals surface area contributed by atoms with Gasteiger partial charge < -0.3 is 11.1 Å². The van der Waals surface area contributed by atoms with Gasteiger partial charge in [-0.2, -0.15) is 0 Å². The Morgan fingerprint density at radius 3 is 2.29 bits per heavy atom. The second kappa shape index (κ2) is 6.06. The van der Waals surface area contributed by atoms with E-state index in [9.17, 15) is 4.79 Å². The third-order valence-corrected chi connectivity index (χ3v) is 3.46. The largest absolute Gasteiger partial charge is 0.389 e. The third kappa shape index (κ3) is 3.47. The van der Waals surface area contributed by atoms with Crippen molar-refractivity contribution in [3.05, 3.63) is 64.2 Å². The molecule has 2 aromatic carbocycles. The van der Waals surface area contributed by atoms with Gasteiger partial charge in [0, 0.05) is 11.1 Å². The van der Waals surface area contributed by atoms with E-state index in [1.165, 1.54) is 0 Å². The minimum atomic E-state index is -0.162. The first-order valence-corrected chi connectivity index (χ1v) is 7.08. The van der Waals surface area contributed by atoms with E-state index in [4.69, 9.17) is 18.0 Å². The lowest BCUT2D eigenvalue weighted by atomic mass is 10.0. The molecule has 108 valence electrons. The highest BCUT2D eigenvalue weighted by atomic mass is 32.1. The molecular weight excluding hydrogens is 280 g/mol. The molecule has 0 fully saturated rings. The fourth-order valence-corrected chi connectivity index (χ4v) is 2.67. The summed E-state index contributed by atoms with van der Waals surface area (Å²) < 4.78 is 0. The number of anilines is 1. The normalized spacial score (nSPS) is 10.2. The molecule has 1 amide bonds. The number of hydrogen-bond donors (Lipinski definition) is 2. The zero-order valence-electron chi connectivity index (χ0n) is 12.4. The van der Waals surface area contributed by atoms with Crippen molar-refractivity contribution in [2.75, 3.05) is 5.32 Å². The van der Waals surface area contributed by atoms with Gasteiger partial charge in [0.1, 0.15) is 4.99 Å². The summed E-state index contributed by atoms with van der Waals surface area (Å²) in [5, 5.41) is 2.90. The quantitative estimate of drug-likeness (QED) is 0.853. The van der Waals surface area contributed by atoms with Gasteiger partial charge in [-0.05, 0) is 44.5 Å². The highest BCUT2D eigenvalue weighted by Gasteiger charge is 2.13. The van der Waals surface area contributed by atoms with Crippen LogP contribution in [0.3, 0.4) is 0 Å². The van der Waals surface area contributed by atoms with Crippen molar-refractivity contribution in [1.82, 2.24) is 0 Å². The van der Waals surface area contributed by atoms with Gasteiger partial charge in [0.25, 0.3) is 5.91 Å². The fraction of sp³-hybridized carbons (Fsp3) is 0.176. The standard InChI is InChI=1S/C17H18N2OS/c1-10-7-11(2)9-13(8-10)17(20)19-14-6-4-5-12(3)15(14)16(18)21/h4-9H,1-3H3,(H2,18,21)(H,19,20). The van der Waals surface area contributed by atoms with Crippen molar-refractivity contribution in [1.29, 1.82) is 0 Å². The molecule has 0 bridgehead atoms. The predicted molar refractivity (Wildman–Crippen MR) is 90.9 cm³/mol. The van der Waals surface area contributed by atoms with Crippen LogP contribution in [0.4, 0.5) is 5.69 Å². The molecule has 0 spiro atoms. The molecule has 2 aromatic rings. The van der Waals surface area contributed by atoms with Gasteiger partial charge in [-0.15, -0.1) is 0 Å². The summed E-state index contributed by atoms with van der Waals surface area (Å²) in [4.78, 5) is 12.7. The molecule has 21 heavy (non-hydrogen) atoms. The number of aryl methyl sites for hydroxylation is 3. The number of nitrogens with one attached hydrogen (secondary N) is 1. The maximum Gasteiger partial charge on any atom is 0.255 e. The number of thiocarbonyl (C=S) groups is 1. The molecule has 0 unspecified atom stereocenters. The highest BCUT2D eigenvalue weighted by molar-refractivity contribution is 7.80. The van der Waals surface area contributed by atoms with Crippen LogP contribution in [0.25, 0.3) is 0 Å². The first kappa shape index (κ1) is 15.2. The molecule has 2 rings (SSSR count). The van der Waals surface area contributed by atoms with Crippen LogP contribution in [-0.2, 0) is 0 Å². The van der Waals surface area contributed by atoms with E-state index in [-0.39, 0.29) is 10.9 Å². The Morgan fingerprint density at radius 1 is 1.10 bits per heavy atom. The SMILES string of the molecule is Cc1cc(C)cc(C(=O)Nc2cccc(C)c2C(N)=S)c1. The van der Waals surface area contributed by atoms with E-state index >= 15 is 0 Å². The molecule has 0 saturated carbocycles. The van der Waals surface area contributed by atoms with Crippen LogP contribution in [0.2, 0.25) is 0 Å². The number of nitrogens with two attached hydrogens (primary N) is 1. The Bertz CT molecular complexity index is 702. The van der Waals surface area contributed by atoms with Crippen molar-refractivity contribution in [3.63, 3.8) is 0 Å². The average molecular weight is 298 g/mol. The second-order valence-corrected chi connectivity index (χ2v) is 5.63. The van der Waals surface area contributed by atoms with E-state index in [0.29, 0.717) is 16.8 Å². The number of benzene rings is 2. The molecule has 3 N–H and O–H groups in total. The van der Waals surface area contributed by atoms with Gasteiger partial charge in [-0.25, -0.2) is 0 Å². The number of carbonyl (C=O) groups excluding carboxylic acids is 1. The minimum absolute atomic E-state index is 0.162. The summed E-state index contributed by atoms with van der Waals surface area (Å²) in [6.07, 6.45) is 0. The predicted octanol–water partition coefficient (Wildman–Crippen LogP) is 3.50. The molecule has 0 saturated heterocycles. The molecule has 0 radical (unpaired) electrons. The summed E-state index contributed by atoms with van der Waals surface area (Å²) in [6, 6.07) is 11.3. The maximum absolute atomic E-state index is 12.4. The van der Waals surface area contributed by atoms with Crippen molar-refractivity contribution < 1.29 is 4.79 Å². The van der Waals surface area contributed by atoms with Crippen molar-refractivity contribution >= 4 is 28.8 Å². The first-order chi connectivity index (χ1) is 9.88. The molecule has 4 heteroatoms. The lowest BCUT2D eigenvalue weighted by Gasteiger charge is -2.13. The summed E-state index contributed by atoms with van der Waals surface area (Å²) in [5.74, 6) is -0.162. The smallest absolute Gasteiger partial charge is 0.255 e. The van der Waals surface area contributed by atoms with E-state index < -0.39 is 0 Å². The van der Waals surface area contributed by atoms with E-state index in [1.807, 2.05) is 57.2 Å². The first-order valence-electron chi connectivity index (χ1n) is 6.67. The molecule has 3 nitrogen and oxygen atoms in total. The monoisotopic (exact) mass is 298 g/mol. The Labute approximate surface area is 130 Å². The number of carbonyl (C=O) groups is 1. The van der Waals surface area contributed by atoms with Crippen LogP contribution in [0, 0.1) is 20.8 Å². The highest BCUT2D eigenvalue weighted by Crippen LogP contribution is 2.20. The van der Waals surface area contributed by atoms with Crippen LogP contribution in [0.1, 0.15) is 32.6 Å². The topological polar surface area (TPSA) is 55.1 Å². The minimum Gasteiger partial charge on any atom is -0.389 e. The zero-order chi connectivity index (χ0) is 15.6. The van der Waals surface area contributed by atoms with E-state index in [2.05, 4.69) is 5.32 Å². The lowest BCUT2D eigenvalue weighted by Crippen LogP contribution is -2.18. The molecule has 0 heterocycles. The summed E-state index contributed by atoms with van der Waals surface area (Å²) in [7, 11) is 0. The maximum atomic E-state index is 12.4. The Kier molecular flexibility index (Phi) is 4.38. The van der Waals surface area contributed by atoms with Gasteiger partial charge in [0.05, 0.1) is 5.69 Å². The van der Waals surface area contributed by atoms with Crippen LogP contribution >= 0.6 is 12.2 Å².